The smallest absolute Gasteiger partial charge is 0.188 e. The summed E-state index contributed by atoms with van der Waals surface area (Å²) in [5.74, 6) is 1.59. The molecule has 2 aliphatic rings. The Hall–Kier alpha value is -2.08. The van der Waals surface area contributed by atoms with Crippen molar-refractivity contribution >= 4 is 12.2 Å². The zero-order valence-electron chi connectivity index (χ0n) is 17.0. The number of nitrogens with zero attached hydrogens (tertiary/aromatic N) is 1. The minimum Gasteiger partial charge on any atom is -0.536 e. The molecule has 0 aromatic heterocycles. The van der Waals surface area contributed by atoms with E-state index in [-0.39, 0.29) is 12.0 Å². The van der Waals surface area contributed by atoms with E-state index in [2.05, 4.69) is 31.4 Å². The molecule has 0 aliphatic carbocycles. The van der Waals surface area contributed by atoms with Crippen molar-refractivity contribution in [2.75, 3.05) is 26.2 Å². The van der Waals surface area contributed by atoms with Crippen LogP contribution in [0.5, 0.6) is 5.75 Å². The fourth-order valence-electron chi connectivity index (χ4n) is 4.36. The van der Waals surface area contributed by atoms with Gasteiger partial charge in [-0.25, -0.2) is 6.29 Å². The standard InChI is InChI=1S/C22H33N4O2/c1-2-3-4-20(15-27)25-10-7-17(8-11-25)16-28-21-6-5-18-9-12-26(22(23)24)14-19(18)13-21/h5-6,13,17,20H,2-4,7-12,14,16H2,1H3,(H3,23,24)/q-1/p+1. The second kappa shape index (κ2) is 9.92. The summed E-state index contributed by atoms with van der Waals surface area (Å²) in [7, 11) is 0. The van der Waals surface area contributed by atoms with Crippen LogP contribution < -0.4 is 15.4 Å². The van der Waals surface area contributed by atoms with Crippen LogP contribution in [0.4, 0.5) is 0 Å². The Morgan fingerprint density at radius 3 is 2.86 bits per heavy atom. The minimum atomic E-state index is 0.0479. The summed E-state index contributed by atoms with van der Waals surface area (Å²) in [4.78, 5) is 14.6. The van der Waals surface area contributed by atoms with Gasteiger partial charge in [0.1, 0.15) is 5.75 Å². The van der Waals surface area contributed by atoms with Gasteiger partial charge in [0, 0.05) is 31.8 Å². The number of hydrogen-bond acceptors (Lipinski definition) is 3. The molecule has 1 saturated heterocycles. The monoisotopic (exact) mass is 386 g/mol. The van der Waals surface area contributed by atoms with Crippen LogP contribution in [0.25, 0.3) is 0 Å². The van der Waals surface area contributed by atoms with Gasteiger partial charge in [-0.1, -0.05) is 25.8 Å². The topological polar surface area (TPSA) is 83.9 Å². The van der Waals surface area contributed by atoms with Crippen LogP contribution in [0, 0.1) is 11.3 Å². The highest BCUT2D eigenvalue weighted by Crippen LogP contribution is 2.24. The third-order valence-electron chi connectivity index (χ3n) is 6.25. The van der Waals surface area contributed by atoms with Crippen molar-refractivity contribution < 1.29 is 14.4 Å². The van der Waals surface area contributed by atoms with Gasteiger partial charge in [-0.05, 0) is 42.1 Å². The van der Waals surface area contributed by atoms with Gasteiger partial charge < -0.3 is 25.1 Å². The van der Waals surface area contributed by atoms with Gasteiger partial charge in [0.15, 0.2) is 5.96 Å². The molecule has 2 aliphatic heterocycles. The molecule has 28 heavy (non-hydrogen) atoms. The molecule has 3 rings (SSSR count). The molecule has 0 amide bonds. The number of fused-ring (bicyclic) bond motifs is 1. The zero-order valence-corrected chi connectivity index (χ0v) is 17.0. The third kappa shape index (κ3) is 5.25. The second-order valence-corrected chi connectivity index (χ2v) is 8.21. The summed E-state index contributed by atoms with van der Waals surface area (Å²) in [5.41, 5.74) is 8.17. The number of unbranched alkanes of at least 4 members (excludes halogenated alkanes) is 1. The number of quaternary nitrogens is 1. The highest BCUT2D eigenvalue weighted by molar-refractivity contribution is 5.75. The van der Waals surface area contributed by atoms with Crippen molar-refractivity contribution in [3.63, 3.8) is 0 Å². The van der Waals surface area contributed by atoms with Crippen molar-refractivity contribution in [3.8, 4) is 5.75 Å². The van der Waals surface area contributed by atoms with E-state index in [4.69, 9.17) is 15.9 Å². The van der Waals surface area contributed by atoms with Gasteiger partial charge in [-0.2, -0.15) is 0 Å². The number of rotatable bonds is 8. The quantitative estimate of drug-likeness (QED) is 0.357. The molecule has 1 unspecified atom stereocenters. The van der Waals surface area contributed by atoms with E-state index in [1.54, 1.807) is 0 Å². The number of hydrogen-bond donors (Lipinski definition) is 3. The first-order valence-electron chi connectivity index (χ1n) is 10.7. The van der Waals surface area contributed by atoms with Crippen molar-refractivity contribution in [1.29, 1.82) is 5.41 Å². The lowest BCUT2D eigenvalue weighted by molar-refractivity contribution is -0.920. The Kier molecular flexibility index (Phi) is 7.31. The molecule has 0 radical (unpaired) electrons. The first-order valence-corrected chi connectivity index (χ1v) is 10.7. The Morgan fingerprint density at radius 2 is 2.18 bits per heavy atom. The fourth-order valence-corrected chi connectivity index (χ4v) is 4.36. The predicted molar refractivity (Wildman–Crippen MR) is 110 cm³/mol. The Balaban J connectivity index is 1.47. The molecule has 154 valence electrons. The first kappa shape index (κ1) is 20.6. The van der Waals surface area contributed by atoms with Gasteiger partial charge in [0.05, 0.1) is 19.7 Å². The molecular weight excluding hydrogens is 352 g/mol. The van der Waals surface area contributed by atoms with E-state index < -0.39 is 0 Å². The summed E-state index contributed by atoms with van der Waals surface area (Å²) >= 11 is 0. The van der Waals surface area contributed by atoms with Crippen LogP contribution in [-0.4, -0.2) is 49.4 Å². The normalized spacial score (nSPS) is 23.0. The van der Waals surface area contributed by atoms with Gasteiger partial charge in [0.25, 0.3) is 0 Å². The molecule has 4 N–H and O–H groups in total. The van der Waals surface area contributed by atoms with Gasteiger partial charge in [0.2, 0.25) is 0 Å². The van der Waals surface area contributed by atoms with Gasteiger partial charge in [-0.15, -0.1) is 0 Å². The lowest BCUT2D eigenvalue weighted by atomic mass is 9.95. The van der Waals surface area contributed by atoms with Crippen LogP contribution in [0.15, 0.2) is 18.2 Å². The Morgan fingerprint density at radius 1 is 1.39 bits per heavy atom. The van der Waals surface area contributed by atoms with E-state index >= 15 is 0 Å². The van der Waals surface area contributed by atoms with Crippen LogP contribution in [-0.2, 0) is 17.8 Å². The van der Waals surface area contributed by atoms with Crippen molar-refractivity contribution in [2.45, 2.75) is 58.0 Å². The zero-order chi connectivity index (χ0) is 19.9. The van der Waals surface area contributed by atoms with Gasteiger partial charge >= 0.3 is 0 Å². The molecule has 1 fully saturated rings. The number of nitrogens with two attached hydrogens (primary N) is 1. The van der Waals surface area contributed by atoms with E-state index in [0.717, 1.165) is 70.5 Å². The van der Waals surface area contributed by atoms with Crippen LogP contribution in [0.3, 0.4) is 0 Å². The van der Waals surface area contributed by atoms with E-state index in [9.17, 15) is 4.79 Å². The van der Waals surface area contributed by atoms with Crippen molar-refractivity contribution in [2.24, 2.45) is 11.7 Å². The number of nitrogens with one attached hydrogen (secondary N) is 2. The summed E-state index contributed by atoms with van der Waals surface area (Å²) in [6, 6.07) is 6.36. The van der Waals surface area contributed by atoms with Gasteiger partial charge in [-0.3, -0.25) is 5.41 Å². The minimum absolute atomic E-state index is 0.0479. The van der Waals surface area contributed by atoms with Crippen LogP contribution >= 0.6 is 0 Å². The van der Waals surface area contributed by atoms with Crippen molar-refractivity contribution in [1.82, 2.24) is 4.90 Å². The second-order valence-electron chi connectivity index (χ2n) is 8.21. The lowest BCUT2D eigenvalue weighted by Crippen LogP contribution is -3.17. The van der Waals surface area contributed by atoms with E-state index in [1.807, 2.05) is 4.90 Å². The first-order chi connectivity index (χ1) is 13.6. The lowest BCUT2D eigenvalue weighted by Gasteiger charge is -2.36. The Labute approximate surface area is 168 Å². The maximum absolute atomic E-state index is 11.3. The molecule has 2 heterocycles. The maximum atomic E-state index is 11.3. The summed E-state index contributed by atoms with van der Waals surface area (Å²) < 4.78 is 6.10. The average molecular weight is 387 g/mol. The summed E-state index contributed by atoms with van der Waals surface area (Å²) in [6.45, 7) is 6.46. The average Bonchev–Trinajstić information content (AvgIpc) is 2.73. The molecule has 6 nitrogen and oxygen atoms in total. The molecule has 0 spiro atoms. The highest BCUT2D eigenvalue weighted by atomic mass is 16.5. The Bertz CT molecular complexity index is 671. The molecule has 1 aromatic carbocycles. The van der Waals surface area contributed by atoms with Crippen LogP contribution in [0.2, 0.25) is 0 Å². The SMILES string of the molecule is CCCCC([C-]=O)[NH+]1CCC(COc2ccc3c(c2)CN(C(=N)N)CC3)CC1. The number of likely N-dealkylation sites (tertiary alicyclic amines) is 1. The number of carbonyl (C=O) groups excluding carboxylic acids is 1. The number of piperidine rings is 1. The molecule has 0 saturated carbocycles. The third-order valence-corrected chi connectivity index (χ3v) is 6.25. The molecule has 6 heteroatoms. The largest absolute Gasteiger partial charge is 0.536 e. The number of benzene rings is 1. The van der Waals surface area contributed by atoms with Crippen molar-refractivity contribution in [3.05, 3.63) is 29.3 Å². The highest BCUT2D eigenvalue weighted by Gasteiger charge is 2.25. The fraction of sp³-hybridized carbons (Fsp3) is 0.636. The summed E-state index contributed by atoms with van der Waals surface area (Å²) in [5, 5.41) is 7.64. The van der Waals surface area contributed by atoms with E-state index in [0.29, 0.717) is 12.5 Å². The maximum Gasteiger partial charge on any atom is 0.188 e. The predicted octanol–water partition coefficient (Wildman–Crippen LogP) is 1.28. The number of ether oxygens (including phenoxy) is 1. The molecule has 1 atom stereocenters. The van der Waals surface area contributed by atoms with Crippen LogP contribution in [0.1, 0.15) is 50.2 Å². The van der Waals surface area contributed by atoms with E-state index in [1.165, 1.54) is 16.0 Å². The summed E-state index contributed by atoms with van der Waals surface area (Å²) in [6.07, 6.45) is 8.59. The molecule has 0 bridgehead atoms. The molecular formula is C22H34N4O2. The molecule has 1 aromatic rings. The number of guanidine groups is 1.